The molecular weight excluding hydrogens is 439 g/mol. The van der Waals surface area contributed by atoms with Crippen molar-refractivity contribution in [3.8, 4) is 5.75 Å². The van der Waals surface area contributed by atoms with Crippen molar-refractivity contribution in [3.05, 3.63) is 65.7 Å². The van der Waals surface area contributed by atoms with Crippen molar-refractivity contribution < 1.29 is 32.3 Å². The van der Waals surface area contributed by atoms with Gasteiger partial charge in [-0.05, 0) is 43.0 Å². The number of carbonyl (C=O) groups excluding carboxylic acids is 3. The smallest absolute Gasteiger partial charge is 0.406 e. The third kappa shape index (κ3) is 4.94. The number of nitrogens with one attached hydrogen (secondary N) is 1. The molecule has 1 atom stereocenters. The molecule has 4 amide bonds. The molecule has 1 heterocycles. The van der Waals surface area contributed by atoms with E-state index in [2.05, 4.69) is 10.1 Å². The van der Waals surface area contributed by atoms with Gasteiger partial charge in [0.1, 0.15) is 17.8 Å². The van der Waals surface area contributed by atoms with E-state index in [1.165, 1.54) is 19.1 Å². The number of ether oxygens (including phenoxy) is 1. The number of halogens is 3. The van der Waals surface area contributed by atoms with Crippen LogP contribution in [0.2, 0.25) is 0 Å². The number of urea groups is 1. The van der Waals surface area contributed by atoms with Gasteiger partial charge in [-0.25, -0.2) is 4.79 Å². The Balaban J connectivity index is 1.47. The fourth-order valence-corrected chi connectivity index (χ4v) is 3.84. The van der Waals surface area contributed by atoms with E-state index in [1.54, 1.807) is 4.90 Å². The number of benzene rings is 2. The summed E-state index contributed by atoms with van der Waals surface area (Å²) in [5.74, 6) is -1.44. The van der Waals surface area contributed by atoms with Crippen LogP contribution in [0.4, 0.5) is 18.0 Å². The van der Waals surface area contributed by atoms with Gasteiger partial charge in [0.25, 0.3) is 5.91 Å². The molecule has 1 saturated carbocycles. The van der Waals surface area contributed by atoms with Crippen molar-refractivity contribution in [2.75, 3.05) is 6.54 Å². The zero-order valence-corrected chi connectivity index (χ0v) is 17.8. The zero-order valence-electron chi connectivity index (χ0n) is 17.8. The van der Waals surface area contributed by atoms with Crippen LogP contribution in [0, 0.1) is 0 Å². The summed E-state index contributed by atoms with van der Waals surface area (Å²) < 4.78 is 41.0. The van der Waals surface area contributed by atoms with Crippen LogP contribution in [0.25, 0.3) is 0 Å². The first-order chi connectivity index (χ1) is 15.6. The summed E-state index contributed by atoms with van der Waals surface area (Å²) in [7, 11) is 0. The summed E-state index contributed by atoms with van der Waals surface area (Å²) in [6, 6.07) is 13.5. The molecule has 2 fully saturated rings. The van der Waals surface area contributed by atoms with Crippen LogP contribution in [0.15, 0.2) is 54.6 Å². The molecule has 0 bridgehead atoms. The Bertz CT molecular complexity index is 1050. The summed E-state index contributed by atoms with van der Waals surface area (Å²) in [6.07, 6.45) is -3.11. The summed E-state index contributed by atoms with van der Waals surface area (Å²) >= 11 is 0. The van der Waals surface area contributed by atoms with Gasteiger partial charge in [0.05, 0.1) is 0 Å². The van der Waals surface area contributed by atoms with Crippen LogP contribution < -0.4 is 10.1 Å². The molecule has 1 aliphatic carbocycles. The van der Waals surface area contributed by atoms with Gasteiger partial charge in [-0.2, -0.15) is 0 Å². The number of hydrogen-bond donors (Lipinski definition) is 1. The van der Waals surface area contributed by atoms with Gasteiger partial charge in [0.2, 0.25) is 5.91 Å². The minimum absolute atomic E-state index is 0.0750. The van der Waals surface area contributed by atoms with Gasteiger partial charge < -0.3 is 15.0 Å². The molecule has 2 aromatic carbocycles. The molecule has 1 unspecified atom stereocenters. The minimum Gasteiger partial charge on any atom is -0.406 e. The predicted molar refractivity (Wildman–Crippen MR) is 111 cm³/mol. The fraction of sp³-hybridized carbons (Fsp3) is 0.348. The van der Waals surface area contributed by atoms with E-state index < -0.39 is 36.1 Å². The topological polar surface area (TPSA) is 79.0 Å². The highest BCUT2D eigenvalue weighted by atomic mass is 19.4. The van der Waals surface area contributed by atoms with E-state index >= 15 is 0 Å². The Labute approximate surface area is 188 Å². The Morgan fingerprint density at radius 2 is 1.76 bits per heavy atom. The number of alkyl halides is 3. The van der Waals surface area contributed by atoms with Crippen molar-refractivity contribution in [3.63, 3.8) is 0 Å². The quantitative estimate of drug-likeness (QED) is 0.640. The van der Waals surface area contributed by atoms with Crippen molar-refractivity contribution in [1.82, 2.24) is 15.1 Å². The highest BCUT2D eigenvalue weighted by molar-refractivity contribution is 6.09. The second kappa shape index (κ2) is 8.42. The SMILES string of the molecule is CC1(c2ccc(OC(F)(F)F)cc2)NC(=O)N(CC(=O)N(Cc2ccccc2)C2CC2)C1=O. The standard InChI is InChI=1S/C23H22F3N3O4/c1-22(16-7-11-18(12-8-16)33-23(24,25)26)20(31)29(21(32)27-22)14-19(30)28(17-9-10-17)13-15-5-3-2-4-6-15/h2-8,11-12,17H,9-10,13-14H2,1H3,(H,27,32). The van der Waals surface area contributed by atoms with Gasteiger partial charge in [0, 0.05) is 12.6 Å². The maximum atomic E-state index is 13.1. The van der Waals surface area contributed by atoms with Gasteiger partial charge in [-0.3, -0.25) is 14.5 Å². The molecule has 1 aliphatic heterocycles. The van der Waals surface area contributed by atoms with E-state index in [4.69, 9.17) is 0 Å². The van der Waals surface area contributed by atoms with Crippen LogP contribution in [0.5, 0.6) is 5.75 Å². The number of amides is 4. The van der Waals surface area contributed by atoms with Gasteiger partial charge in [-0.1, -0.05) is 42.5 Å². The second-order valence-electron chi connectivity index (χ2n) is 8.26. The molecule has 2 aliphatic rings. The third-order valence-electron chi connectivity index (χ3n) is 5.74. The molecule has 0 spiro atoms. The fourth-order valence-electron chi connectivity index (χ4n) is 3.84. The van der Waals surface area contributed by atoms with Gasteiger partial charge >= 0.3 is 12.4 Å². The number of rotatable bonds is 7. The average molecular weight is 461 g/mol. The lowest BCUT2D eigenvalue weighted by Crippen LogP contribution is -2.45. The highest BCUT2D eigenvalue weighted by Crippen LogP contribution is 2.32. The zero-order chi connectivity index (χ0) is 23.8. The Morgan fingerprint density at radius 1 is 1.12 bits per heavy atom. The number of carbonyl (C=O) groups is 3. The Morgan fingerprint density at radius 3 is 2.33 bits per heavy atom. The molecule has 33 heavy (non-hydrogen) atoms. The second-order valence-corrected chi connectivity index (χ2v) is 8.26. The summed E-state index contributed by atoms with van der Waals surface area (Å²) in [5.41, 5.74) is -0.299. The molecule has 7 nitrogen and oxygen atoms in total. The molecule has 0 aromatic heterocycles. The summed E-state index contributed by atoms with van der Waals surface area (Å²) in [5, 5.41) is 2.56. The molecule has 4 rings (SSSR count). The summed E-state index contributed by atoms with van der Waals surface area (Å²) in [6.45, 7) is 1.41. The van der Waals surface area contributed by atoms with Crippen molar-refractivity contribution in [2.24, 2.45) is 0 Å². The lowest BCUT2D eigenvalue weighted by Gasteiger charge is -2.25. The molecule has 1 N–H and O–H groups in total. The lowest BCUT2D eigenvalue weighted by molar-refractivity contribution is -0.274. The molecule has 0 radical (unpaired) electrons. The first-order valence-electron chi connectivity index (χ1n) is 10.4. The number of hydrogen-bond acceptors (Lipinski definition) is 4. The van der Waals surface area contributed by atoms with Crippen LogP contribution in [0.3, 0.4) is 0 Å². The van der Waals surface area contributed by atoms with Crippen molar-refractivity contribution >= 4 is 17.8 Å². The normalized spacial score (nSPS) is 20.5. The Kier molecular flexibility index (Phi) is 5.77. The van der Waals surface area contributed by atoms with Crippen LogP contribution in [-0.4, -0.2) is 46.6 Å². The number of nitrogens with zero attached hydrogens (tertiary/aromatic N) is 2. The third-order valence-corrected chi connectivity index (χ3v) is 5.74. The van der Waals surface area contributed by atoms with Crippen molar-refractivity contribution in [2.45, 2.75) is 44.3 Å². The first kappa shape index (κ1) is 22.6. The molecule has 174 valence electrons. The predicted octanol–water partition coefficient (Wildman–Crippen LogP) is 3.54. The van der Waals surface area contributed by atoms with Crippen LogP contribution in [0.1, 0.15) is 30.9 Å². The van der Waals surface area contributed by atoms with E-state index in [0.717, 1.165) is 35.4 Å². The van der Waals surface area contributed by atoms with E-state index in [-0.39, 0.29) is 17.5 Å². The molecule has 10 heteroatoms. The molecular formula is C23H22F3N3O4. The average Bonchev–Trinajstić information content (AvgIpc) is 3.57. The Hall–Kier alpha value is -3.56. The maximum Gasteiger partial charge on any atom is 0.573 e. The minimum atomic E-state index is -4.84. The molecule has 1 saturated heterocycles. The molecule has 2 aromatic rings. The van der Waals surface area contributed by atoms with E-state index in [9.17, 15) is 27.6 Å². The van der Waals surface area contributed by atoms with Crippen molar-refractivity contribution in [1.29, 1.82) is 0 Å². The van der Waals surface area contributed by atoms with Crippen LogP contribution in [-0.2, 0) is 21.7 Å². The van der Waals surface area contributed by atoms with Gasteiger partial charge in [-0.15, -0.1) is 13.2 Å². The maximum absolute atomic E-state index is 13.1. The van der Waals surface area contributed by atoms with E-state index in [0.29, 0.717) is 6.54 Å². The lowest BCUT2D eigenvalue weighted by atomic mass is 9.92. The summed E-state index contributed by atoms with van der Waals surface area (Å²) in [4.78, 5) is 41.2. The first-order valence-corrected chi connectivity index (χ1v) is 10.4. The highest BCUT2D eigenvalue weighted by Gasteiger charge is 2.50. The largest absolute Gasteiger partial charge is 0.573 e. The van der Waals surface area contributed by atoms with E-state index in [1.807, 2.05) is 30.3 Å². The number of imide groups is 1. The monoisotopic (exact) mass is 461 g/mol. The van der Waals surface area contributed by atoms with Crippen LogP contribution >= 0.6 is 0 Å². The van der Waals surface area contributed by atoms with Gasteiger partial charge in [0.15, 0.2) is 0 Å².